The highest BCUT2D eigenvalue weighted by Gasteiger charge is 2.21. The van der Waals surface area contributed by atoms with E-state index in [4.69, 9.17) is 8.85 Å². The van der Waals surface area contributed by atoms with E-state index in [0.717, 1.165) is 12.8 Å². The summed E-state index contributed by atoms with van der Waals surface area (Å²) in [4.78, 5) is 15.9. The maximum atomic E-state index is 11.6. The fourth-order valence-corrected chi connectivity index (χ4v) is 2.88. The van der Waals surface area contributed by atoms with E-state index in [1.54, 1.807) is 0 Å². The summed E-state index contributed by atoms with van der Waals surface area (Å²) in [6, 6.07) is 0. The minimum absolute atomic E-state index is 0.0735. The summed E-state index contributed by atoms with van der Waals surface area (Å²) < 4.78 is 11.2. The number of hydrogen-bond acceptors (Lipinski definition) is 4. The van der Waals surface area contributed by atoms with Crippen molar-refractivity contribution in [3.05, 3.63) is 0 Å². The minimum atomic E-state index is -1.81. The van der Waals surface area contributed by atoms with Crippen LogP contribution in [0.1, 0.15) is 19.8 Å². The maximum Gasteiger partial charge on any atom is 0.314 e. The fourth-order valence-electron chi connectivity index (χ4n) is 1.26. The Hall–Kier alpha value is -0.626. The predicted molar refractivity (Wildman–Crippen MR) is 81.1 cm³/mol. The third-order valence-electron chi connectivity index (χ3n) is 1.69. The van der Waals surface area contributed by atoms with E-state index < -0.39 is 16.6 Å². The smallest absolute Gasteiger partial charge is 0.314 e. The summed E-state index contributed by atoms with van der Waals surface area (Å²) >= 11 is 0. The van der Waals surface area contributed by atoms with Gasteiger partial charge in [-0.05, 0) is 45.7 Å². The average Bonchev–Trinajstić information content (AvgIpc) is 2.09. The molecule has 0 N–H and O–H groups in total. The van der Waals surface area contributed by atoms with Crippen LogP contribution in [0.2, 0.25) is 39.3 Å². The van der Waals surface area contributed by atoms with Gasteiger partial charge in [-0.2, -0.15) is 0 Å². The summed E-state index contributed by atoms with van der Waals surface area (Å²) in [6.07, 6.45) is 1.75. The van der Waals surface area contributed by atoms with Gasteiger partial charge in [-0.3, -0.25) is 4.79 Å². The van der Waals surface area contributed by atoms with E-state index in [1.807, 2.05) is 19.6 Å². The summed E-state index contributed by atoms with van der Waals surface area (Å²) in [5.74, 6) is 0.450. The number of rotatable bonds is 6. The number of aliphatic imine (C=N–C) groups is 1. The van der Waals surface area contributed by atoms with E-state index in [9.17, 15) is 4.79 Å². The number of hydrogen-bond donors (Lipinski definition) is 0. The molecule has 0 saturated heterocycles. The first-order valence-electron chi connectivity index (χ1n) is 6.47. The molecular formula is C12H27NO3Si2. The van der Waals surface area contributed by atoms with Gasteiger partial charge in [-0.15, -0.1) is 0 Å². The van der Waals surface area contributed by atoms with Crippen molar-refractivity contribution < 1.29 is 13.6 Å². The van der Waals surface area contributed by atoms with E-state index in [2.05, 4.69) is 31.6 Å². The third-order valence-corrected chi connectivity index (χ3v) is 3.38. The molecule has 0 amide bonds. The van der Waals surface area contributed by atoms with Gasteiger partial charge in [0.05, 0.1) is 0 Å². The lowest BCUT2D eigenvalue weighted by atomic mass is 10.3. The van der Waals surface area contributed by atoms with Crippen LogP contribution in [0.5, 0.6) is 0 Å². The lowest BCUT2D eigenvalue weighted by Crippen LogP contribution is -2.32. The normalized spacial score (nSPS) is 13.4. The van der Waals surface area contributed by atoms with Crippen molar-refractivity contribution >= 4 is 28.5 Å². The Morgan fingerprint density at radius 2 is 1.50 bits per heavy atom. The Morgan fingerprint density at radius 3 is 1.89 bits per heavy atom. The van der Waals surface area contributed by atoms with E-state index in [1.165, 1.54) is 0 Å². The molecule has 18 heavy (non-hydrogen) atoms. The predicted octanol–water partition coefficient (Wildman–Crippen LogP) is 3.41. The molecule has 0 rings (SSSR count). The Labute approximate surface area is 113 Å². The van der Waals surface area contributed by atoms with Gasteiger partial charge < -0.3 is 8.85 Å². The van der Waals surface area contributed by atoms with Crippen LogP contribution in [-0.4, -0.2) is 35.0 Å². The second kappa shape index (κ2) is 7.08. The topological polar surface area (TPSA) is 47.9 Å². The van der Waals surface area contributed by atoms with Gasteiger partial charge >= 0.3 is 5.97 Å². The zero-order valence-corrected chi connectivity index (χ0v) is 14.8. The van der Waals surface area contributed by atoms with Gasteiger partial charge in [-0.1, -0.05) is 6.92 Å². The second-order valence-corrected chi connectivity index (χ2v) is 15.1. The molecule has 0 aromatic heterocycles. The zero-order chi connectivity index (χ0) is 14.4. The van der Waals surface area contributed by atoms with Crippen LogP contribution >= 0.6 is 0 Å². The van der Waals surface area contributed by atoms with Crippen LogP contribution in [0.3, 0.4) is 0 Å². The van der Waals surface area contributed by atoms with E-state index in [-0.39, 0.29) is 12.5 Å². The summed E-state index contributed by atoms with van der Waals surface area (Å²) in [6.45, 7) is 14.4. The van der Waals surface area contributed by atoms with Crippen LogP contribution in [0.25, 0.3) is 0 Å². The SMILES string of the molecule is CCCC(=NCC(=O)O[Si](C)(C)C)O[Si](C)(C)C. The van der Waals surface area contributed by atoms with Crippen molar-refractivity contribution in [2.45, 2.75) is 59.0 Å². The van der Waals surface area contributed by atoms with Crippen LogP contribution in [0, 0.1) is 0 Å². The van der Waals surface area contributed by atoms with Crippen molar-refractivity contribution in [3.63, 3.8) is 0 Å². The summed E-state index contributed by atoms with van der Waals surface area (Å²) in [5, 5.41) is 0. The maximum absolute atomic E-state index is 11.6. The molecule has 0 atom stereocenters. The molecule has 0 fully saturated rings. The average molecular weight is 290 g/mol. The molecule has 0 aromatic carbocycles. The molecule has 0 aliphatic carbocycles. The van der Waals surface area contributed by atoms with E-state index >= 15 is 0 Å². The molecule has 0 aromatic rings. The van der Waals surface area contributed by atoms with Gasteiger partial charge in [-0.25, -0.2) is 4.99 Å². The summed E-state index contributed by atoms with van der Waals surface area (Å²) in [5.41, 5.74) is 0. The van der Waals surface area contributed by atoms with Gasteiger partial charge in [0.2, 0.25) is 16.6 Å². The first kappa shape index (κ1) is 17.4. The van der Waals surface area contributed by atoms with Crippen LogP contribution in [0.4, 0.5) is 0 Å². The molecular weight excluding hydrogens is 262 g/mol. The molecule has 4 nitrogen and oxygen atoms in total. The molecule has 0 unspecified atom stereocenters. The second-order valence-electron chi connectivity index (χ2n) is 6.26. The highest BCUT2D eigenvalue weighted by molar-refractivity contribution is 6.71. The lowest BCUT2D eigenvalue weighted by Gasteiger charge is -2.21. The molecule has 106 valence electrons. The fraction of sp³-hybridized carbons (Fsp3) is 0.833. The molecule has 0 aliphatic heterocycles. The van der Waals surface area contributed by atoms with Gasteiger partial charge in [0, 0.05) is 6.42 Å². The first-order chi connectivity index (χ1) is 8.03. The highest BCUT2D eigenvalue weighted by atomic mass is 28.4. The molecule has 6 heteroatoms. The van der Waals surface area contributed by atoms with Crippen molar-refractivity contribution in [1.82, 2.24) is 0 Å². The van der Waals surface area contributed by atoms with Crippen molar-refractivity contribution in [2.24, 2.45) is 4.99 Å². The Balaban J connectivity index is 4.45. The summed E-state index contributed by atoms with van der Waals surface area (Å²) in [7, 11) is -3.46. The highest BCUT2D eigenvalue weighted by Crippen LogP contribution is 2.08. The Morgan fingerprint density at radius 1 is 1.00 bits per heavy atom. The van der Waals surface area contributed by atoms with E-state index in [0.29, 0.717) is 5.90 Å². The van der Waals surface area contributed by atoms with Crippen molar-refractivity contribution in [2.75, 3.05) is 6.54 Å². The van der Waals surface area contributed by atoms with Gasteiger partial charge in [0.15, 0.2) is 5.90 Å². The number of carbonyl (C=O) groups excluding carboxylic acids is 1. The molecule has 0 aliphatic rings. The van der Waals surface area contributed by atoms with Crippen LogP contribution in [-0.2, 0) is 13.6 Å². The van der Waals surface area contributed by atoms with Crippen LogP contribution in [0.15, 0.2) is 4.99 Å². The molecule has 0 radical (unpaired) electrons. The quantitative estimate of drug-likeness (QED) is 0.428. The first-order valence-corrected chi connectivity index (χ1v) is 13.3. The molecule has 0 saturated carbocycles. The number of nitrogens with zero attached hydrogens (tertiary/aromatic N) is 1. The Kier molecular flexibility index (Phi) is 6.84. The molecule has 0 spiro atoms. The lowest BCUT2D eigenvalue weighted by molar-refractivity contribution is -0.133. The number of carbonyl (C=O) groups is 1. The monoisotopic (exact) mass is 289 g/mol. The van der Waals surface area contributed by atoms with Crippen LogP contribution < -0.4 is 0 Å². The largest absolute Gasteiger partial charge is 0.535 e. The van der Waals surface area contributed by atoms with Crippen molar-refractivity contribution in [3.8, 4) is 0 Å². The minimum Gasteiger partial charge on any atom is -0.535 e. The standard InChI is InChI=1S/C12H27NO3Si2/c1-8-9-11(15-17(2,3)4)13-10-12(14)16-18(5,6)7/h8-10H2,1-7H3. The van der Waals surface area contributed by atoms with Gasteiger partial charge in [0.25, 0.3) is 0 Å². The van der Waals surface area contributed by atoms with Crippen molar-refractivity contribution in [1.29, 1.82) is 0 Å². The Bertz CT molecular complexity index is 303. The zero-order valence-electron chi connectivity index (χ0n) is 12.8. The van der Waals surface area contributed by atoms with Gasteiger partial charge in [0.1, 0.15) is 6.54 Å². The molecule has 0 bridgehead atoms. The third kappa shape index (κ3) is 10.5. The molecule has 0 heterocycles.